The maximum atomic E-state index is 12.2. The first-order chi connectivity index (χ1) is 12.1. The van der Waals surface area contributed by atoms with E-state index in [2.05, 4.69) is 15.3 Å². The molecule has 0 radical (unpaired) electrons. The van der Waals surface area contributed by atoms with Gasteiger partial charge in [-0.05, 0) is 24.3 Å². The van der Waals surface area contributed by atoms with Gasteiger partial charge in [-0.25, -0.2) is 4.98 Å². The van der Waals surface area contributed by atoms with Gasteiger partial charge in [0.05, 0.1) is 25.5 Å². The van der Waals surface area contributed by atoms with E-state index in [1.807, 2.05) is 11.4 Å². The van der Waals surface area contributed by atoms with Crippen molar-refractivity contribution in [2.24, 2.45) is 0 Å². The second-order valence-electron chi connectivity index (χ2n) is 5.00. The van der Waals surface area contributed by atoms with Crippen molar-refractivity contribution in [3.63, 3.8) is 0 Å². The highest BCUT2D eigenvalue weighted by molar-refractivity contribution is 7.14. The summed E-state index contributed by atoms with van der Waals surface area (Å²) in [4.78, 5) is 30.1. The van der Waals surface area contributed by atoms with E-state index < -0.39 is 0 Å². The normalized spacial score (nSPS) is 10.3. The Morgan fingerprint density at radius 1 is 1.20 bits per heavy atom. The minimum Gasteiger partial charge on any atom is -0.497 e. The fraction of sp³-hybridized carbons (Fsp3) is 0.118. The molecule has 0 aliphatic carbocycles. The van der Waals surface area contributed by atoms with Gasteiger partial charge in [-0.15, -0.1) is 11.3 Å². The molecule has 0 aliphatic rings. The van der Waals surface area contributed by atoms with Crippen LogP contribution in [-0.2, 0) is 0 Å². The van der Waals surface area contributed by atoms with Crippen molar-refractivity contribution in [3.05, 3.63) is 57.8 Å². The summed E-state index contributed by atoms with van der Waals surface area (Å²) in [6.07, 6.45) is 1.36. The lowest BCUT2D eigenvalue weighted by molar-refractivity contribution is 0.102. The summed E-state index contributed by atoms with van der Waals surface area (Å²) >= 11 is 1.29. The molecule has 0 bridgehead atoms. The number of methoxy groups -OCH3 is 2. The van der Waals surface area contributed by atoms with Crippen LogP contribution in [-0.4, -0.2) is 30.1 Å². The molecular weight excluding hydrogens is 342 g/mol. The summed E-state index contributed by atoms with van der Waals surface area (Å²) in [6, 6.07) is 8.16. The van der Waals surface area contributed by atoms with Gasteiger partial charge >= 0.3 is 0 Å². The van der Waals surface area contributed by atoms with Crippen molar-refractivity contribution in [1.82, 2.24) is 9.97 Å². The number of nitrogens with one attached hydrogen (secondary N) is 2. The first-order valence-electron chi connectivity index (χ1n) is 7.28. The maximum Gasteiger partial charge on any atom is 0.258 e. The molecule has 3 rings (SSSR count). The third kappa shape index (κ3) is 3.69. The molecule has 25 heavy (non-hydrogen) atoms. The molecule has 2 N–H and O–H groups in total. The molecule has 2 aromatic heterocycles. The van der Waals surface area contributed by atoms with E-state index in [4.69, 9.17) is 9.47 Å². The van der Waals surface area contributed by atoms with Gasteiger partial charge in [-0.2, -0.15) is 0 Å². The number of benzene rings is 1. The van der Waals surface area contributed by atoms with Crippen molar-refractivity contribution in [1.29, 1.82) is 0 Å². The van der Waals surface area contributed by atoms with E-state index >= 15 is 0 Å². The monoisotopic (exact) mass is 357 g/mol. The molecule has 0 aliphatic heterocycles. The SMILES string of the molecule is COc1ccc(OC)c(-c2csc(NC(=O)c3ccc(=O)[nH]c3)n2)c1. The number of H-pyrrole nitrogens is 1. The number of rotatable bonds is 5. The standard InChI is InChI=1S/C17H15N3O4S/c1-23-11-4-5-14(24-2)12(7-11)13-9-25-17(19-13)20-16(22)10-3-6-15(21)18-8-10/h3-9H,1-2H3,(H,18,21)(H,19,20,22). The fourth-order valence-electron chi connectivity index (χ4n) is 2.19. The highest BCUT2D eigenvalue weighted by atomic mass is 32.1. The Kier molecular flexibility index (Phi) is 4.80. The van der Waals surface area contributed by atoms with Crippen LogP contribution in [0.2, 0.25) is 0 Å². The van der Waals surface area contributed by atoms with E-state index in [0.717, 1.165) is 5.56 Å². The molecule has 7 nitrogen and oxygen atoms in total. The van der Waals surface area contributed by atoms with Gasteiger partial charge in [0.15, 0.2) is 5.13 Å². The minimum absolute atomic E-state index is 0.266. The molecule has 128 valence electrons. The molecule has 1 aromatic carbocycles. The third-order valence-electron chi connectivity index (χ3n) is 3.45. The second-order valence-corrected chi connectivity index (χ2v) is 5.86. The Morgan fingerprint density at radius 2 is 2.04 bits per heavy atom. The van der Waals surface area contributed by atoms with Crippen molar-refractivity contribution < 1.29 is 14.3 Å². The molecule has 8 heteroatoms. The minimum atomic E-state index is -0.352. The lowest BCUT2D eigenvalue weighted by Gasteiger charge is -2.08. The Bertz CT molecular complexity index is 944. The molecule has 3 aromatic rings. The third-order valence-corrected chi connectivity index (χ3v) is 4.21. The van der Waals surface area contributed by atoms with Gasteiger partial charge in [0.1, 0.15) is 11.5 Å². The van der Waals surface area contributed by atoms with Crippen LogP contribution in [0.1, 0.15) is 10.4 Å². The number of carbonyl (C=O) groups excluding carboxylic acids is 1. The smallest absolute Gasteiger partial charge is 0.258 e. The molecule has 0 fully saturated rings. The quantitative estimate of drug-likeness (QED) is 0.732. The number of hydrogen-bond donors (Lipinski definition) is 2. The largest absolute Gasteiger partial charge is 0.497 e. The second kappa shape index (κ2) is 7.18. The number of amides is 1. The summed E-state index contributed by atoms with van der Waals surface area (Å²) in [7, 11) is 3.17. The van der Waals surface area contributed by atoms with Crippen LogP contribution in [0.5, 0.6) is 11.5 Å². The van der Waals surface area contributed by atoms with E-state index in [0.29, 0.717) is 27.9 Å². The zero-order valence-corrected chi connectivity index (χ0v) is 14.3. The van der Waals surface area contributed by atoms with Gasteiger partial charge in [-0.3, -0.25) is 14.9 Å². The number of hydrogen-bond acceptors (Lipinski definition) is 6. The van der Waals surface area contributed by atoms with Crippen LogP contribution >= 0.6 is 11.3 Å². The molecule has 0 saturated heterocycles. The van der Waals surface area contributed by atoms with Gasteiger partial charge < -0.3 is 14.5 Å². The van der Waals surface area contributed by atoms with Crippen molar-refractivity contribution in [3.8, 4) is 22.8 Å². The average Bonchev–Trinajstić information content (AvgIpc) is 3.10. The fourth-order valence-corrected chi connectivity index (χ4v) is 2.90. The summed E-state index contributed by atoms with van der Waals surface area (Å²) < 4.78 is 10.6. The predicted molar refractivity (Wildman–Crippen MR) is 95.7 cm³/mol. The number of pyridine rings is 1. The highest BCUT2D eigenvalue weighted by Gasteiger charge is 2.13. The lowest BCUT2D eigenvalue weighted by Crippen LogP contribution is -2.14. The summed E-state index contributed by atoms with van der Waals surface area (Å²) in [5, 5.41) is 4.97. The van der Waals surface area contributed by atoms with Gasteiger partial charge in [0, 0.05) is 23.2 Å². The summed E-state index contributed by atoms with van der Waals surface area (Å²) in [6.45, 7) is 0. The number of aromatic amines is 1. The van der Waals surface area contributed by atoms with Crippen molar-refractivity contribution in [2.75, 3.05) is 19.5 Å². The Balaban J connectivity index is 1.84. The van der Waals surface area contributed by atoms with Crippen LogP contribution in [0.15, 0.2) is 46.7 Å². The number of anilines is 1. The summed E-state index contributed by atoms with van der Waals surface area (Å²) in [5.41, 5.74) is 1.51. The zero-order valence-electron chi connectivity index (χ0n) is 13.5. The number of thiazole rings is 1. The number of carbonyl (C=O) groups is 1. The highest BCUT2D eigenvalue weighted by Crippen LogP contribution is 2.35. The van der Waals surface area contributed by atoms with E-state index in [1.165, 1.54) is 29.7 Å². The molecule has 0 atom stereocenters. The summed E-state index contributed by atoms with van der Waals surface area (Å²) in [5.74, 6) is 0.988. The topological polar surface area (TPSA) is 93.3 Å². The molecule has 0 saturated carbocycles. The lowest BCUT2D eigenvalue weighted by atomic mass is 10.1. The molecule has 1 amide bonds. The van der Waals surface area contributed by atoms with Crippen LogP contribution in [0.25, 0.3) is 11.3 Å². The van der Waals surface area contributed by atoms with Crippen LogP contribution in [0, 0.1) is 0 Å². The van der Waals surface area contributed by atoms with E-state index in [1.54, 1.807) is 26.4 Å². The molecule has 0 unspecified atom stereocenters. The van der Waals surface area contributed by atoms with Gasteiger partial charge in [0.2, 0.25) is 5.56 Å². The van der Waals surface area contributed by atoms with E-state index in [9.17, 15) is 9.59 Å². The molecular formula is C17H15N3O4S. The number of aromatic nitrogens is 2. The van der Waals surface area contributed by atoms with Crippen LogP contribution in [0.3, 0.4) is 0 Å². The number of nitrogens with zero attached hydrogens (tertiary/aromatic N) is 1. The first kappa shape index (κ1) is 16.7. The zero-order chi connectivity index (χ0) is 17.8. The Labute approximate surface area is 147 Å². The Morgan fingerprint density at radius 3 is 2.72 bits per heavy atom. The van der Waals surface area contributed by atoms with Crippen molar-refractivity contribution in [2.45, 2.75) is 0 Å². The van der Waals surface area contributed by atoms with E-state index in [-0.39, 0.29) is 11.5 Å². The predicted octanol–water partition coefficient (Wildman–Crippen LogP) is 2.77. The molecule has 2 heterocycles. The average molecular weight is 357 g/mol. The number of ether oxygens (including phenoxy) is 2. The van der Waals surface area contributed by atoms with Crippen LogP contribution < -0.4 is 20.3 Å². The molecule has 0 spiro atoms. The van der Waals surface area contributed by atoms with Crippen molar-refractivity contribution >= 4 is 22.4 Å². The van der Waals surface area contributed by atoms with Gasteiger partial charge in [-0.1, -0.05) is 0 Å². The maximum absolute atomic E-state index is 12.2. The van der Waals surface area contributed by atoms with Gasteiger partial charge in [0.25, 0.3) is 5.91 Å². The van der Waals surface area contributed by atoms with Crippen LogP contribution in [0.4, 0.5) is 5.13 Å². The first-order valence-corrected chi connectivity index (χ1v) is 8.16. The Hall–Kier alpha value is -3.13.